The van der Waals surface area contributed by atoms with Crippen molar-refractivity contribution in [3.63, 3.8) is 0 Å². The number of aromatic nitrogens is 1. The van der Waals surface area contributed by atoms with Crippen LogP contribution in [0.1, 0.15) is 67.5 Å². The summed E-state index contributed by atoms with van der Waals surface area (Å²) in [6.45, 7) is 6.45. The Balaban J connectivity index is 1.33. The zero-order valence-electron chi connectivity index (χ0n) is 17.1. The number of nitrogens with one attached hydrogen (secondary N) is 2. The Bertz CT molecular complexity index is 847. The minimum atomic E-state index is -0.0173. The van der Waals surface area contributed by atoms with Crippen LogP contribution in [-0.2, 0) is 0 Å². The Hall–Kier alpha value is -1.75. The van der Waals surface area contributed by atoms with E-state index >= 15 is 0 Å². The molecule has 0 saturated heterocycles. The average Bonchev–Trinajstić information content (AvgIpc) is 3.21. The van der Waals surface area contributed by atoms with E-state index in [1.54, 1.807) is 11.3 Å². The highest BCUT2D eigenvalue weighted by Gasteiger charge is 2.51. The summed E-state index contributed by atoms with van der Waals surface area (Å²) >= 11 is 1.80. The molecule has 6 rings (SSSR count). The predicted octanol–water partition coefficient (Wildman–Crippen LogP) is 5.48. The van der Waals surface area contributed by atoms with Gasteiger partial charge in [-0.15, -0.1) is 11.3 Å². The van der Waals surface area contributed by atoms with Crippen LogP contribution in [-0.4, -0.2) is 16.1 Å². The quantitative estimate of drug-likeness (QED) is 0.704. The van der Waals surface area contributed by atoms with Crippen molar-refractivity contribution in [2.75, 3.05) is 0 Å². The van der Waals surface area contributed by atoms with Gasteiger partial charge in [-0.1, -0.05) is 0 Å². The van der Waals surface area contributed by atoms with Crippen molar-refractivity contribution in [3.05, 3.63) is 40.5 Å². The Morgan fingerprint density at radius 2 is 1.68 bits per heavy atom. The summed E-state index contributed by atoms with van der Waals surface area (Å²) in [5.41, 5.74) is 2.58. The van der Waals surface area contributed by atoms with E-state index in [1.807, 2.05) is 12.1 Å². The van der Waals surface area contributed by atoms with Gasteiger partial charge in [-0.2, -0.15) is 0 Å². The molecule has 0 radical (unpaired) electrons. The molecule has 5 heteroatoms. The molecule has 0 spiro atoms. The third kappa shape index (κ3) is 3.08. The van der Waals surface area contributed by atoms with Crippen molar-refractivity contribution in [1.82, 2.24) is 15.2 Å². The van der Waals surface area contributed by atoms with Crippen molar-refractivity contribution in [3.8, 4) is 5.00 Å². The summed E-state index contributed by atoms with van der Waals surface area (Å²) in [4.78, 5) is 14.3. The summed E-state index contributed by atoms with van der Waals surface area (Å²) < 4.78 is 2.16. The second-order valence-corrected chi connectivity index (χ2v) is 10.8. The highest BCUT2D eigenvalue weighted by atomic mass is 32.1. The summed E-state index contributed by atoms with van der Waals surface area (Å²) in [6, 6.07) is 4.09. The monoisotopic (exact) mass is 397 g/mol. The molecule has 2 aromatic rings. The van der Waals surface area contributed by atoms with E-state index in [4.69, 9.17) is 0 Å². The number of thiophene rings is 1. The molecular formula is C23H31N3OS. The smallest absolute Gasteiger partial charge is 0.315 e. The molecule has 2 heterocycles. The van der Waals surface area contributed by atoms with E-state index in [2.05, 4.69) is 48.4 Å². The van der Waals surface area contributed by atoms with Gasteiger partial charge < -0.3 is 15.2 Å². The fourth-order valence-corrected chi connectivity index (χ4v) is 7.83. The molecule has 2 N–H and O–H groups in total. The van der Waals surface area contributed by atoms with Crippen LogP contribution in [0, 0.1) is 31.6 Å². The number of hydrogen-bond donors (Lipinski definition) is 2. The number of carbonyl (C=O) groups excluding carboxylic acids is 1. The first-order chi connectivity index (χ1) is 13.4. The first-order valence-corrected chi connectivity index (χ1v) is 11.6. The molecule has 4 aliphatic rings. The second-order valence-electron chi connectivity index (χ2n) is 9.61. The maximum Gasteiger partial charge on any atom is 0.315 e. The van der Waals surface area contributed by atoms with Crippen LogP contribution >= 0.6 is 11.3 Å². The molecule has 1 atom stereocenters. The van der Waals surface area contributed by atoms with Gasteiger partial charge in [-0.25, -0.2) is 4.79 Å². The molecule has 4 bridgehead atoms. The van der Waals surface area contributed by atoms with E-state index in [0.717, 1.165) is 17.8 Å². The third-order valence-electron chi connectivity index (χ3n) is 7.45. The molecule has 2 amide bonds. The molecule has 0 aliphatic heterocycles. The zero-order chi connectivity index (χ0) is 19.5. The standard InChI is InChI=1S/C23H31N3OS/c1-14-16(3)28-21(26-6-4-5-7-26)20(14)15(2)24-22(27)25-23-11-17-8-18(12-23)10-19(9-17)13-23/h4-7,15,17-19H,8-13H2,1-3H3,(H2,24,25,27). The molecule has 4 nitrogen and oxygen atoms in total. The van der Waals surface area contributed by atoms with Gasteiger partial charge in [0.05, 0.1) is 6.04 Å². The van der Waals surface area contributed by atoms with Gasteiger partial charge in [0.2, 0.25) is 0 Å². The van der Waals surface area contributed by atoms with Crippen LogP contribution in [0.25, 0.3) is 5.00 Å². The van der Waals surface area contributed by atoms with Crippen LogP contribution in [0.15, 0.2) is 24.5 Å². The Kier molecular flexibility index (Phi) is 4.34. The lowest BCUT2D eigenvalue weighted by molar-refractivity contribution is -0.0136. The largest absolute Gasteiger partial charge is 0.333 e. The van der Waals surface area contributed by atoms with Gasteiger partial charge in [0.1, 0.15) is 5.00 Å². The van der Waals surface area contributed by atoms with Crippen molar-refractivity contribution in [2.45, 2.75) is 70.9 Å². The number of hydrogen-bond acceptors (Lipinski definition) is 2. The fraction of sp³-hybridized carbons (Fsp3) is 0.609. The number of rotatable bonds is 4. The van der Waals surface area contributed by atoms with E-state index < -0.39 is 0 Å². The van der Waals surface area contributed by atoms with Crippen molar-refractivity contribution in [1.29, 1.82) is 0 Å². The second kappa shape index (κ2) is 6.65. The van der Waals surface area contributed by atoms with Crippen LogP contribution in [0.2, 0.25) is 0 Å². The van der Waals surface area contributed by atoms with Crippen LogP contribution < -0.4 is 10.6 Å². The van der Waals surface area contributed by atoms with Gasteiger partial charge in [-0.3, -0.25) is 0 Å². The number of nitrogens with zero attached hydrogens (tertiary/aromatic N) is 1. The number of carbonyl (C=O) groups is 1. The maximum atomic E-state index is 13.0. The number of amides is 2. The summed E-state index contributed by atoms with van der Waals surface area (Å²) in [6.07, 6.45) is 11.9. The highest BCUT2D eigenvalue weighted by Crippen LogP contribution is 2.55. The normalized spacial score (nSPS) is 31.8. The fourth-order valence-electron chi connectivity index (χ4n) is 6.61. The van der Waals surface area contributed by atoms with Gasteiger partial charge in [0, 0.05) is 28.4 Å². The lowest BCUT2D eigenvalue weighted by Crippen LogP contribution is -2.61. The van der Waals surface area contributed by atoms with Gasteiger partial charge in [-0.05, 0) is 94.7 Å². The van der Waals surface area contributed by atoms with E-state index in [0.29, 0.717) is 0 Å². The molecule has 4 aliphatic carbocycles. The molecule has 2 aromatic heterocycles. The minimum absolute atomic E-state index is 0.0103. The van der Waals surface area contributed by atoms with Crippen LogP contribution in [0.5, 0.6) is 0 Å². The molecular weight excluding hydrogens is 366 g/mol. The topological polar surface area (TPSA) is 46.1 Å². The Morgan fingerprint density at radius 3 is 2.25 bits per heavy atom. The average molecular weight is 398 g/mol. The lowest BCUT2D eigenvalue weighted by Gasteiger charge is -2.56. The van der Waals surface area contributed by atoms with E-state index in [1.165, 1.54) is 59.5 Å². The van der Waals surface area contributed by atoms with Crippen LogP contribution in [0.4, 0.5) is 4.79 Å². The van der Waals surface area contributed by atoms with Gasteiger partial charge >= 0.3 is 6.03 Å². The van der Waals surface area contributed by atoms with E-state index in [-0.39, 0.29) is 17.6 Å². The summed E-state index contributed by atoms with van der Waals surface area (Å²) in [7, 11) is 0. The summed E-state index contributed by atoms with van der Waals surface area (Å²) in [5.74, 6) is 2.52. The number of urea groups is 1. The Labute approximate surface area is 171 Å². The van der Waals surface area contributed by atoms with Crippen molar-refractivity contribution < 1.29 is 4.79 Å². The Morgan fingerprint density at radius 1 is 1.11 bits per heavy atom. The first-order valence-electron chi connectivity index (χ1n) is 10.7. The molecule has 0 aromatic carbocycles. The molecule has 28 heavy (non-hydrogen) atoms. The third-order valence-corrected chi connectivity index (χ3v) is 8.69. The van der Waals surface area contributed by atoms with Gasteiger partial charge in [0.25, 0.3) is 0 Å². The summed E-state index contributed by atoms with van der Waals surface area (Å²) in [5, 5.41) is 7.93. The molecule has 150 valence electrons. The van der Waals surface area contributed by atoms with Crippen molar-refractivity contribution >= 4 is 17.4 Å². The maximum absolute atomic E-state index is 13.0. The van der Waals surface area contributed by atoms with Crippen LogP contribution in [0.3, 0.4) is 0 Å². The predicted molar refractivity (Wildman–Crippen MR) is 114 cm³/mol. The zero-order valence-corrected chi connectivity index (χ0v) is 17.9. The number of aryl methyl sites for hydroxylation is 1. The van der Waals surface area contributed by atoms with Gasteiger partial charge in [0.15, 0.2) is 0 Å². The molecule has 4 fully saturated rings. The van der Waals surface area contributed by atoms with Crippen molar-refractivity contribution in [2.24, 2.45) is 17.8 Å². The first kappa shape index (κ1) is 18.3. The molecule has 4 saturated carbocycles. The minimum Gasteiger partial charge on any atom is -0.333 e. The SMILES string of the molecule is Cc1sc(-n2cccc2)c(C(C)NC(=O)NC23CC4CC(CC(C4)C2)C3)c1C. The van der Waals surface area contributed by atoms with E-state index in [9.17, 15) is 4.79 Å². The molecule has 1 unspecified atom stereocenters. The highest BCUT2D eigenvalue weighted by molar-refractivity contribution is 7.14. The lowest BCUT2D eigenvalue weighted by atomic mass is 9.53.